The number of fused-ring (bicyclic) bond motifs is 2. The van der Waals surface area contributed by atoms with Crippen molar-refractivity contribution in [3.05, 3.63) is 104 Å². The fourth-order valence-electron chi connectivity index (χ4n) is 3.89. The molecule has 5 rings (SSSR count). The lowest BCUT2D eigenvalue weighted by Gasteiger charge is -2.07. The lowest BCUT2D eigenvalue weighted by molar-refractivity contribution is 0.0592. The van der Waals surface area contributed by atoms with Crippen LogP contribution in [0.15, 0.2) is 91.2 Å². The molecule has 0 N–H and O–H groups in total. The Labute approximate surface area is 203 Å². The van der Waals surface area contributed by atoms with E-state index < -0.39 is 11.9 Å². The van der Waals surface area contributed by atoms with Gasteiger partial charge in [0.1, 0.15) is 22.7 Å². The molecule has 0 amide bonds. The molecule has 178 valence electrons. The normalized spacial score (nSPS) is 10.9. The minimum absolute atomic E-state index is 0.257. The maximum absolute atomic E-state index is 12.7. The summed E-state index contributed by atoms with van der Waals surface area (Å²) < 4.78 is 21.2. The van der Waals surface area contributed by atoms with Gasteiger partial charge in [0.2, 0.25) is 0 Å². The molecule has 0 spiro atoms. The van der Waals surface area contributed by atoms with Gasteiger partial charge < -0.3 is 18.3 Å². The summed E-state index contributed by atoms with van der Waals surface area (Å²) in [5.41, 5.74) is 1.87. The van der Waals surface area contributed by atoms with Crippen molar-refractivity contribution in [2.24, 2.45) is 0 Å². The first-order valence-corrected chi connectivity index (χ1v) is 10.8. The van der Waals surface area contributed by atoms with Crippen LogP contribution in [0.3, 0.4) is 0 Å². The van der Waals surface area contributed by atoms with Crippen molar-refractivity contribution in [1.29, 1.82) is 0 Å². The highest BCUT2D eigenvalue weighted by atomic mass is 16.5. The largest absolute Gasteiger partial charge is 0.465 e. The van der Waals surface area contributed by atoms with E-state index >= 15 is 0 Å². The van der Waals surface area contributed by atoms with Crippen LogP contribution in [-0.4, -0.2) is 26.2 Å². The second kappa shape index (κ2) is 8.99. The molecule has 0 radical (unpaired) electrons. The molecular weight excluding hydrogens is 464 g/mol. The molecule has 8 heteroatoms. The van der Waals surface area contributed by atoms with Crippen LogP contribution in [0.5, 0.6) is 0 Å². The standard InChI is InChI=1S/C28H18O8/c1-33-27(31)17-7-9-23-19(11-17)21(29)13-25(35-23)15-3-5-16(6-4-15)26-14-22(30)20-12-18(28(32)34-2)8-10-24(20)36-26/h3-14H,1-2H3. The van der Waals surface area contributed by atoms with Crippen LogP contribution in [0.25, 0.3) is 44.6 Å². The van der Waals surface area contributed by atoms with E-state index in [0.29, 0.717) is 33.8 Å². The first kappa shape index (κ1) is 22.8. The molecule has 36 heavy (non-hydrogen) atoms. The lowest BCUT2D eigenvalue weighted by Crippen LogP contribution is -2.05. The average Bonchev–Trinajstić information content (AvgIpc) is 2.91. The maximum Gasteiger partial charge on any atom is 0.337 e. The molecule has 0 aliphatic heterocycles. The monoisotopic (exact) mass is 482 g/mol. The minimum Gasteiger partial charge on any atom is -0.465 e. The highest BCUT2D eigenvalue weighted by Crippen LogP contribution is 2.28. The zero-order valence-electron chi connectivity index (χ0n) is 19.2. The molecular formula is C28H18O8. The third-order valence-corrected chi connectivity index (χ3v) is 5.75. The van der Waals surface area contributed by atoms with Gasteiger partial charge in [-0.25, -0.2) is 9.59 Å². The highest BCUT2D eigenvalue weighted by molar-refractivity contribution is 5.95. The topological polar surface area (TPSA) is 113 Å². The van der Waals surface area contributed by atoms with Crippen molar-refractivity contribution in [3.8, 4) is 22.6 Å². The number of methoxy groups -OCH3 is 2. The second-order valence-corrected chi connectivity index (χ2v) is 7.93. The Balaban J connectivity index is 1.49. The quantitative estimate of drug-likeness (QED) is 0.336. The van der Waals surface area contributed by atoms with Crippen molar-refractivity contribution < 1.29 is 27.9 Å². The van der Waals surface area contributed by atoms with Crippen LogP contribution in [0.4, 0.5) is 0 Å². The van der Waals surface area contributed by atoms with Gasteiger partial charge in [-0.1, -0.05) is 24.3 Å². The number of benzene rings is 3. The highest BCUT2D eigenvalue weighted by Gasteiger charge is 2.14. The van der Waals surface area contributed by atoms with Crippen molar-refractivity contribution in [2.45, 2.75) is 0 Å². The van der Waals surface area contributed by atoms with E-state index in [9.17, 15) is 19.2 Å². The fourth-order valence-corrected chi connectivity index (χ4v) is 3.89. The molecule has 0 aliphatic rings. The van der Waals surface area contributed by atoms with Crippen LogP contribution in [0, 0.1) is 0 Å². The second-order valence-electron chi connectivity index (χ2n) is 7.93. The number of esters is 2. The number of carbonyl (C=O) groups excluding carboxylic acids is 2. The van der Waals surface area contributed by atoms with Gasteiger partial charge in [0.05, 0.1) is 36.1 Å². The molecule has 0 saturated heterocycles. The molecule has 3 aromatic carbocycles. The Bertz CT molecular complexity index is 1640. The predicted octanol–water partition coefficient (Wildman–Crippen LogP) is 4.81. The molecule has 0 bridgehead atoms. The van der Waals surface area contributed by atoms with Crippen LogP contribution in [0.2, 0.25) is 0 Å². The summed E-state index contributed by atoms with van der Waals surface area (Å²) in [7, 11) is 2.54. The van der Waals surface area contributed by atoms with E-state index in [4.69, 9.17) is 18.3 Å². The number of carbonyl (C=O) groups is 2. The van der Waals surface area contributed by atoms with Gasteiger partial charge in [-0.15, -0.1) is 0 Å². The summed E-state index contributed by atoms with van der Waals surface area (Å²) in [6, 6.07) is 18.7. The lowest BCUT2D eigenvalue weighted by atomic mass is 10.1. The summed E-state index contributed by atoms with van der Waals surface area (Å²) in [6.07, 6.45) is 0. The Morgan fingerprint density at radius 3 is 1.33 bits per heavy atom. The molecule has 0 saturated carbocycles. The number of hydrogen-bond donors (Lipinski definition) is 0. The van der Waals surface area contributed by atoms with Crippen LogP contribution in [0.1, 0.15) is 20.7 Å². The zero-order valence-corrected chi connectivity index (χ0v) is 19.2. The third kappa shape index (κ3) is 4.05. The number of hydrogen-bond acceptors (Lipinski definition) is 8. The predicted molar refractivity (Wildman–Crippen MR) is 132 cm³/mol. The van der Waals surface area contributed by atoms with Crippen molar-refractivity contribution >= 4 is 33.9 Å². The molecule has 8 nitrogen and oxygen atoms in total. The van der Waals surface area contributed by atoms with E-state index in [1.807, 2.05) is 0 Å². The third-order valence-electron chi connectivity index (χ3n) is 5.75. The molecule has 0 atom stereocenters. The van der Waals surface area contributed by atoms with Crippen LogP contribution < -0.4 is 10.9 Å². The van der Waals surface area contributed by atoms with Crippen molar-refractivity contribution in [1.82, 2.24) is 0 Å². The summed E-state index contributed by atoms with van der Waals surface area (Å²) in [6.45, 7) is 0. The Kier molecular flexibility index (Phi) is 5.69. The van der Waals surface area contributed by atoms with E-state index in [0.717, 1.165) is 0 Å². The smallest absolute Gasteiger partial charge is 0.337 e. The van der Waals surface area contributed by atoms with Gasteiger partial charge in [-0.3, -0.25) is 9.59 Å². The van der Waals surface area contributed by atoms with Crippen molar-refractivity contribution in [2.75, 3.05) is 14.2 Å². The molecule has 0 aliphatic carbocycles. The first-order valence-electron chi connectivity index (χ1n) is 10.8. The molecule has 5 aromatic rings. The molecule has 2 aromatic heterocycles. The van der Waals surface area contributed by atoms with E-state index in [2.05, 4.69) is 0 Å². The Morgan fingerprint density at radius 1 is 0.583 bits per heavy atom. The summed E-state index contributed by atoms with van der Waals surface area (Å²) in [4.78, 5) is 48.9. The fraction of sp³-hybridized carbons (Fsp3) is 0.0714. The molecule has 2 heterocycles. The summed E-state index contributed by atoms with van der Waals surface area (Å²) >= 11 is 0. The van der Waals surface area contributed by atoms with Gasteiger partial charge in [-0.05, 0) is 36.4 Å². The van der Waals surface area contributed by atoms with E-state index in [1.54, 1.807) is 36.4 Å². The van der Waals surface area contributed by atoms with E-state index in [-0.39, 0.29) is 32.8 Å². The Hall–Kier alpha value is -4.98. The van der Waals surface area contributed by atoms with Gasteiger partial charge >= 0.3 is 11.9 Å². The van der Waals surface area contributed by atoms with Gasteiger partial charge in [-0.2, -0.15) is 0 Å². The van der Waals surface area contributed by atoms with Gasteiger partial charge in [0.15, 0.2) is 10.9 Å². The van der Waals surface area contributed by atoms with Crippen molar-refractivity contribution in [3.63, 3.8) is 0 Å². The number of rotatable bonds is 4. The number of ether oxygens (including phenoxy) is 2. The average molecular weight is 482 g/mol. The minimum atomic E-state index is -0.541. The first-order chi connectivity index (χ1) is 17.4. The SMILES string of the molecule is COC(=O)c1ccc2oc(-c3ccc(-c4cc(=O)c5cc(C(=O)OC)ccc5o4)cc3)cc(=O)c2c1. The van der Waals surface area contributed by atoms with Crippen LogP contribution in [-0.2, 0) is 9.47 Å². The van der Waals surface area contributed by atoms with Gasteiger partial charge in [0.25, 0.3) is 0 Å². The van der Waals surface area contributed by atoms with Crippen LogP contribution >= 0.6 is 0 Å². The molecule has 0 fully saturated rings. The summed E-state index contributed by atoms with van der Waals surface area (Å²) in [5, 5.41) is 0.540. The zero-order chi connectivity index (χ0) is 25.4. The maximum atomic E-state index is 12.7. The Morgan fingerprint density at radius 2 is 0.972 bits per heavy atom. The van der Waals surface area contributed by atoms with E-state index in [1.165, 1.54) is 50.6 Å². The van der Waals surface area contributed by atoms with Gasteiger partial charge in [0, 0.05) is 23.3 Å². The summed E-state index contributed by atoms with van der Waals surface area (Å²) in [5.74, 6) is -0.388. The molecule has 0 unspecified atom stereocenters.